The van der Waals surface area contributed by atoms with Gasteiger partial charge in [0.25, 0.3) is 0 Å². The van der Waals surface area contributed by atoms with Crippen LogP contribution in [0, 0.1) is 0 Å². The summed E-state index contributed by atoms with van der Waals surface area (Å²) in [6.07, 6.45) is 1.27. The number of para-hydroxylation sites is 1. The molecule has 106 valence electrons. The van der Waals surface area contributed by atoms with Crippen molar-refractivity contribution in [2.45, 2.75) is 19.4 Å². The zero-order chi connectivity index (χ0) is 14.8. The van der Waals surface area contributed by atoms with Crippen LogP contribution in [0.2, 0.25) is 0 Å². The second-order valence-corrected chi connectivity index (χ2v) is 5.27. The van der Waals surface area contributed by atoms with E-state index in [4.69, 9.17) is 0 Å². The standard InChI is InChI=1S/C17H16N2O2/c1-11-9-16(21)19-15-4-2-3-14(17(15)18-11)13-7-5-12(10-20)6-8-13/h2-8,10-11,18H,9H2,1H3,(H,19,21)/t11-/m1/s1. The summed E-state index contributed by atoms with van der Waals surface area (Å²) < 4.78 is 0. The molecule has 1 atom stereocenters. The number of anilines is 2. The first-order chi connectivity index (χ1) is 10.2. The number of hydrogen-bond donors (Lipinski definition) is 2. The Kier molecular flexibility index (Phi) is 3.44. The molecule has 0 fully saturated rings. The number of nitrogens with one attached hydrogen (secondary N) is 2. The van der Waals surface area contributed by atoms with Gasteiger partial charge < -0.3 is 10.6 Å². The van der Waals surface area contributed by atoms with Crippen LogP contribution in [0.3, 0.4) is 0 Å². The van der Waals surface area contributed by atoms with Gasteiger partial charge in [0.15, 0.2) is 0 Å². The summed E-state index contributed by atoms with van der Waals surface area (Å²) in [6.45, 7) is 1.99. The summed E-state index contributed by atoms with van der Waals surface area (Å²) in [5.41, 5.74) is 4.39. The molecule has 0 saturated heterocycles. The minimum absolute atomic E-state index is 0.0159. The zero-order valence-corrected chi connectivity index (χ0v) is 11.7. The van der Waals surface area contributed by atoms with Gasteiger partial charge >= 0.3 is 0 Å². The Labute approximate surface area is 123 Å². The Balaban J connectivity index is 2.09. The lowest BCUT2D eigenvalue weighted by atomic mass is 10.0. The summed E-state index contributed by atoms with van der Waals surface area (Å²) >= 11 is 0. The SMILES string of the molecule is C[C@@H]1CC(=O)Nc2cccc(-c3ccc(C=O)cc3)c2N1. The molecule has 0 saturated carbocycles. The maximum atomic E-state index is 11.8. The zero-order valence-electron chi connectivity index (χ0n) is 11.7. The van der Waals surface area contributed by atoms with Crippen molar-refractivity contribution in [1.82, 2.24) is 0 Å². The quantitative estimate of drug-likeness (QED) is 0.830. The molecular weight excluding hydrogens is 264 g/mol. The van der Waals surface area contributed by atoms with Crippen LogP contribution >= 0.6 is 0 Å². The molecule has 3 rings (SSSR count). The van der Waals surface area contributed by atoms with E-state index >= 15 is 0 Å². The predicted octanol–water partition coefficient (Wildman–Crippen LogP) is 3.31. The fourth-order valence-corrected chi connectivity index (χ4v) is 2.57. The summed E-state index contributed by atoms with van der Waals surface area (Å²) in [7, 11) is 0. The van der Waals surface area contributed by atoms with Crippen molar-refractivity contribution in [1.29, 1.82) is 0 Å². The Morgan fingerprint density at radius 3 is 2.62 bits per heavy atom. The molecule has 2 aromatic rings. The maximum Gasteiger partial charge on any atom is 0.226 e. The number of rotatable bonds is 2. The number of benzene rings is 2. The van der Waals surface area contributed by atoms with Crippen molar-refractivity contribution in [2.24, 2.45) is 0 Å². The number of carbonyl (C=O) groups excluding carboxylic acids is 2. The normalized spacial score (nSPS) is 17.2. The molecule has 4 nitrogen and oxygen atoms in total. The second-order valence-electron chi connectivity index (χ2n) is 5.27. The molecular formula is C17H16N2O2. The van der Waals surface area contributed by atoms with E-state index in [9.17, 15) is 9.59 Å². The molecule has 0 aliphatic carbocycles. The summed E-state index contributed by atoms with van der Waals surface area (Å²) in [4.78, 5) is 22.5. The third-order valence-corrected chi connectivity index (χ3v) is 3.58. The van der Waals surface area contributed by atoms with Gasteiger partial charge in [0.05, 0.1) is 11.4 Å². The first-order valence-corrected chi connectivity index (χ1v) is 6.92. The monoisotopic (exact) mass is 280 g/mol. The first-order valence-electron chi connectivity index (χ1n) is 6.92. The number of fused-ring (bicyclic) bond motifs is 1. The average molecular weight is 280 g/mol. The summed E-state index contributed by atoms with van der Waals surface area (Å²) in [6, 6.07) is 13.3. The van der Waals surface area contributed by atoms with Crippen LogP contribution < -0.4 is 10.6 Å². The third kappa shape index (κ3) is 2.65. The highest BCUT2D eigenvalue weighted by Gasteiger charge is 2.20. The van der Waals surface area contributed by atoms with E-state index in [1.165, 1.54) is 0 Å². The van der Waals surface area contributed by atoms with Crippen molar-refractivity contribution >= 4 is 23.6 Å². The topological polar surface area (TPSA) is 58.2 Å². The molecule has 21 heavy (non-hydrogen) atoms. The Hall–Kier alpha value is -2.62. The number of aldehydes is 1. The Morgan fingerprint density at radius 2 is 1.90 bits per heavy atom. The highest BCUT2D eigenvalue weighted by atomic mass is 16.1. The van der Waals surface area contributed by atoms with E-state index in [1.807, 2.05) is 37.3 Å². The third-order valence-electron chi connectivity index (χ3n) is 3.58. The molecule has 1 heterocycles. The van der Waals surface area contributed by atoms with E-state index in [-0.39, 0.29) is 11.9 Å². The maximum absolute atomic E-state index is 11.8. The fraction of sp³-hybridized carbons (Fsp3) is 0.176. The molecule has 2 aromatic carbocycles. The Bertz CT molecular complexity index is 692. The van der Waals surface area contributed by atoms with Gasteiger partial charge in [-0.2, -0.15) is 0 Å². The molecule has 1 amide bonds. The average Bonchev–Trinajstić information content (AvgIpc) is 2.63. The fourth-order valence-electron chi connectivity index (χ4n) is 2.57. The van der Waals surface area contributed by atoms with Crippen molar-refractivity contribution in [3.63, 3.8) is 0 Å². The van der Waals surface area contributed by atoms with Crippen LogP contribution in [0.1, 0.15) is 23.7 Å². The minimum atomic E-state index is 0.0159. The van der Waals surface area contributed by atoms with E-state index in [2.05, 4.69) is 10.6 Å². The van der Waals surface area contributed by atoms with E-state index < -0.39 is 0 Å². The van der Waals surface area contributed by atoms with Gasteiger partial charge in [0.2, 0.25) is 5.91 Å². The lowest BCUT2D eigenvalue weighted by molar-refractivity contribution is -0.116. The molecule has 0 unspecified atom stereocenters. The molecule has 0 bridgehead atoms. The van der Waals surface area contributed by atoms with Gasteiger partial charge in [-0.1, -0.05) is 36.4 Å². The van der Waals surface area contributed by atoms with Gasteiger partial charge in [-0.25, -0.2) is 0 Å². The smallest absolute Gasteiger partial charge is 0.226 e. The van der Waals surface area contributed by atoms with Crippen LogP contribution in [-0.4, -0.2) is 18.2 Å². The van der Waals surface area contributed by atoms with Crippen LogP contribution in [-0.2, 0) is 4.79 Å². The first kappa shape index (κ1) is 13.4. The number of amides is 1. The second kappa shape index (κ2) is 5.40. The number of hydrogen-bond acceptors (Lipinski definition) is 3. The molecule has 2 N–H and O–H groups in total. The van der Waals surface area contributed by atoms with Gasteiger partial charge in [0, 0.05) is 23.6 Å². The lowest BCUT2D eigenvalue weighted by Gasteiger charge is -2.16. The van der Waals surface area contributed by atoms with Crippen LogP contribution in [0.4, 0.5) is 11.4 Å². The van der Waals surface area contributed by atoms with Gasteiger partial charge in [-0.3, -0.25) is 9.59 Å². The van der Waals surface area contributed by atoms with E-state index in [0.29, 0.717) is 12.0 Å². The van der Waals surface area contributed by atoms with Crippen molar-refractivity contribution in [3.8, 4) is 11.1 Å². The molecule has 1 aliphatic rings. The highest BCUT2D eigenvalue weighted by Crippen LogP contribution is 2.36. The van der Waals surface area contributed by atoms with E-state index in [1.54, 1.807) is 12.1 Å². The molecule has 0 spiro atoms. The summed E-state index contributed by atoms with van der Waals surface area (Å²) in [5.74, 6) is 0.0159. The van der Waals surface area contributed by atoms with Gasteiger partial charge in [-0.15, -0.1) is 0 Å². The van der Waals surface area contributed by atoms with Crippen LogP contribution in [0.5, 0.6) is 0 Å². The number of carbonyl (C=O) groups is 2. The predicted molar refractivity (Wildman–Crippen MR) is 83.6 cm³/mol. The van der Waals surface area contributed by atoms with Crippen molar-refractivity contribution in [3.05, 3.63) is 48.0 Å². The highest BCUT2D eigenvalue weighted by molar-refractivity contribution is 6.00. The molecule has 0 radical (unpaired) electrons. The lowest BCUT2D eigenvalue weighted by Crippen LogP contribution is -2.19. The van der Waals surface area contributed by atoms with E-state index in [0.717, 1.165) is 28.8 Å². The summed E-state index contributed by atoms with van der Waals surface area (Å²) in [5, 5.41) is 6.32. The van der Waals surface area contributed by atoms with Gasteiger partial charge in [-0.05, 0) is 18.6 Å². The van der Waals surface area contributed by atoms with Crippen LogP contribution in [0.25, 0.3) is 11.1 Å². The minimum Gasteiger partial charge on any atom is -0.380 e. The van der Waals surface area contributed by atoms with Crippen LogP contribution in [0.15, 0.2) is 42.5 Å². The largest absolute Gasteiger partial charge is 0.380 e. The molecule has 0 aromatic heterocycles. The van der Waals surface area contributed by atoms with Gasteiger partial charge in [0.1, 0.15) is 6.29 Å². The van der Waals surface area contributed by atoms with Crippen molar-refractivity contribution < 1.29 is 9.59 Å². The molecule has 4 heteroatoms. The van der Waals surface area contributed by atoms with Crippen molar-refractivity contribution in [2.75, 3.05) is 10.6 Å². The Morgan fingerprint density at radius 1 is 1.14 bits per heavy atom. The molecule has 1 aliphatic heterocycles.